The van der Waals surface area contributed by atoms with Gasteiger partial charge in [0.1, 0.15) is 11.2 Å². The highest BCUT2D eigenvalue weighted by molar-refractivity contribution is 5.89. The first-order chi connectivity index (χ1) is 15.5. The molecule has 1 aromatic carbocycles. The van der Waals surface area contributed by atoms with E-state index in [1.54, 1.807) is 12.3 Å². The summed E-state index contributed by atoms with van der Waals surface area (Å²) < 4.78 is 6.73. The Balaban J connectivity index is 1.65. The minimum absolute atomic E-state index is 0.191. The van der Waals surface area contributed by atoms with Crippen molar-refractivity contribution in [3.05, 3.63) is 75.2 Å². The van der Waals surface area contributed by atoms with Gasteiger partial charge in [0.2, 0.25) is 0 Å². The summed E-state index contributed by atoms with van der Waals surface area (Å²) in [5.74, 6) is -0.914. The van der Waals surface area contributed by atoms with E-state index in [2.05, 4.69) is 5.32 Å². The first-order valence-electron chi connectivity index (χ1n) is 11.0. The number of nitrogens with zero attached hydrogens (tertiary/aromatic N) is 1. The summed E-state index contributed by atoms with van der Waals surface area (Å²) in [6, 6.07) is 11.2. The SMILES string of the molecule is Cc1c(-c2ccc(CNC(=O)OC(C)(C)C)cc2)ccn2c(=O)c(C(=O)O)cc(C3CC3)c12. The van der Waals surface area contributed by atoms with Crippen LogP contribution in [0, 0.1) is 6.92 Å². The quantitative estimate of drug-likeness (QED) is 0.580. The fraction of sp³-hybridized carbons (Fsp3) is 0.346. The third-order valence-corrected chi connectivity index (χ3v) is 5.76. The fourth-order valence-electron chi connectivity index (χ4n) is 4.06. The Hall–Kier alpha value is -3.61. The van der Waals surface area contributed by atoms with Gasteiger partial charge in [0.15, 0.2) is 0 Å². The third kappa shape index (κ3) is 4.77. The van der Waals surface area contributed by atoms with Crippen molar-refractivity contribution < 1.29 is 19.4 Å². The molecule has 7 nitrogen and oxygen atoms in total. The van der Waals surface area contributed by atoms with Gasteiger partial charge in [-0.15, -0.1) is 0 Å². The van der Waals surface area contributed by atoms with E-state index in [-0.39, 0.29) is 11.5 Å². The monoisotopic (exact) mass is 448 g/mol. The van der Waals surface area contributed by atoms with E-state index in [1.807, 2.05) is 58.0 Å². The molecule has 0 saturated heterocycles. The van der Waals surface area contributed by atoms with E-state index >= 15 is 0 Å². The number of carbonyl (C=O) groups is 2. The van der Waals surface area contributed by atoms with Gasteiger partial charge in [-0.1, -0.05) is 24.3 Å². The zero-order valence-corrected chi connectivity index (χ0v) is 19.3. The number of alkyl carbamates (subject to hydrolysis) is 1. The number of aryl methyl sites for hydroxylation is 1. The summed E-state index contributed by atoms with van der Waals surface area (Å²) in [6.07, 6.45) is 3.19. The number of pyridine rings is 2. The van der Waals surface area contributed by atoms with Gasteiger partial charge in [0.05, 0.1) is 5.52 Å². The normalized spacial score (nSPS) is 13.7. The van der Waals surface area contributed by atoms with Crippen LogP contribution in [0.5, 0.6) is 0 Å². The van der Waals surface area contributed by atoms with Crippen molar-refractivity contribution in [1.29, 1.82) is 0 Å². The van der Waals surface area contributed by atoms with E-state index in [9.17, 15) is 19.5 Å². The maximum Gasteiger partial charge on any atom is 0.407 e. The number of aromatic nitrogens is 1. The number of hydrogen-bond donors (Lipinski definition) is 2. The Labute approximate surface area is 192 Å². The largest absolute Gasteiger partial charge is 0.477 e. The standard InChI is InChI=1S/C26H28N2O5/c1-15-19(17-7-5-16(6-8-17)14-27-25(32)33-26(2,3)4)11-12-28-22(15)20(18-9-10-18)13-21(23(28)29)24(30)31/h5-8,11-13,18H,9-10,14H2,1-4H3,(H,27,32)(H,30,31). The lowest BCUT2D eigenvalue weighted by molar-refractivity contribution is 0.0523. The molecular formula is C26H28N2O5. The van der Waals surface area contributed by atoms with Crippen molar-refractivity contribution in [3.8, 4) is 11.1 Å². The number of ether oxygens (including phenoxy) is 1. The Bertz CT molecular complexity index is 1300. The highest BCUT2D eigenvalue weighted by Crippen LogP contribution is 2.43. The Kier molecular flexibility index (Phi) is 5.74. The van der Waals surface area contributed by atoms with E-state index in [0.717, 1.165) is 46.2 Å². The molecular weight excluding hydrogens is 420 g/mol. The molecule has 0 spiro atoms. The van der Waals surface area contributed by atoms with E-state index in [0.29, 0.717) is 6.54 Å². The molecule has 1 aliphatic rings. The molecule has 7 heteroatoms. The maximum absolute atomic E-state index is 12.8. The fourth-order valence-corrected chi connectivity index (χ4v) is 4.06. The number of hydrogen-bond acceptors (Lipinski definition) is 4. The zero-order chi connectivity index (χ0) is 23.9. The van der Waals surface area contributed by atoms with E-state index < -0.39 is 23.2 Å². The van der Waals surface area contributed by atoms with Gasteiger partial charge >= 0.3 is 12.1 Å². The van der Waals surface area contributed by atoms with Crippen LogP contribution < -0.4 is 10.9 Å². The molecule has 2 N–H and O–H groups in total. The minimum Gasteiger partial charge on any atom is -0.477 e. The van der Waals surface area contributed by atoms with Crippen molar-refractivity contribution in [2.45, 2.75) is 58.6 Å². The van der Waals surface area contributed by atoms with Gasteiger partial charge in [-0.2, -0.15) is 0 Å². The van der Waals surface area contributed by atoms with Crippen LogP contribution >= 0.6 is 0 Å². The molecule has 4 rings (SSSR count). The number of benzene rings is 1. The van der Waals surface area contributed by atoms with Gasteiger partial charge in [-0.25, -0.2) is 9.59 Å². The molecule has 1 aliphatic carbocycles. The van der Waals surface area contributed by atoms with Crippen molar-refractivity contribution in [3.63, 3.8) is 0 Å². The molecule has 33 heavy (non-hydrogen) atoms. The molecule has 0 bridgehead atoms. The molecule has 0 aliphatic heterocycles. The summed E-state index contributed by atoms with van der Waals surface area (Å²) in [4.78, 5) is 36.2. The smallest absolute Gasteiger partial charge is 0.407 e. The summed E-state index contributed by atoms with van der Waals surface area (Å²) in [7, 11) is 0. The number of carbonyl (C=O) groups excluding carboxylic acids is 1. The molecule has 172 valence electrons. The van der Waals surface area contributed by atoms with Gasteiger partial charge in [-0.05, 0) is 86.4 Å². The number of carboxylic acid groups (broad SMARTS) is 1. The lowest BCUT2D eigenvalue weighted by Crippen LogP contribution is -2.32. The van der Waals surface area contributed by atoms with Crippen molar-refractivity contribution >= 4 is 17.6 Å². The van der Waals surface area contributed by atoms with Crippen molar-refractivity contribution in [1.82, 2.24) is 9.72 Å². The molecule has 2 aromatic heterocycles. The van der Waals surface area contributed by atoms with Crippen LogP contribution in [0.2, 0.25) is 0 Å². The van der Waals surface area contributed by atoms with Crippen LogP contribution in [0.1, 0.15) is 66.6 Å². The summed E-state index contributed by atoms with van der Waals surface area (Å²) in [5.41, 5.74) is 4.29. The Morgan fingerprint density at radius 3 is 2.39 bits per heavy atom. The first-order valence-corrected chi connectivity index (χ1v) is 11.0. The number of carboxylic acids is 1. The van der Waals surface area contributed by atoms with Crippen molar-refractivity contribution in [2.24, 2.45) is 0 Å². The highest BCUT2D eigenvalue weighted by Gasteiger charge is 2.29. The van der Waals surface area contributed by atoms with Gasteiger partial charge in [-0.3, -0.25) is 9.20 Å². The van der Waals surface area contributed by atoms with Gasteiger partial charge < -0.3 is 15.2 Å². The predicted octanol–water partition coefficient (Wildman–Crippen LogP) is 4.88. The maximum atomic E-state index is 12.8. The highest BCUT2D eigenvalue weighted by atomic mass is 16.6. The number of nitrogens with one attached hydrogen (secondary N) is 1. The van der Waals surface area contributed by atoms with Crippen LogP contribution in [0.15, 0.2) is 47.4 Å². The predicted molar refractivity (Wildman–Crippen MR) is 126 cm³/mol. The minimum atomic E-state index is -1.20. The Morgan fingerprint density at radius 1 is 1.15 bits per heavy atom. The molecule has 1 amide bonds. The lowest BCUT2D eigenvalue weighted by atomic mass is 9.96. The first kappa shape index (κ1) is 22.6. The van der Waals surface area contributed by atoms with Gasteiger partial charge in [0, 0.05) is 12.7 Å². The average Bonchev–Trinajstić information content (AvgIpc) is 3.57. The van der Waals surface area contributed by atoms with Crippen molar-refractivity contribution in [2.75, 3.05) is 0 Å². The number of rotatable bonds is 5. The molecule has 2 heterocycles. The lowest BCUT2D eigenvalue weighted by Gasteiger charge is -2.19. The van der Waals surface area contributed by atoms with E-state index in [1.165, 1.54) is 4.40 Å². The summed E-state index contributed by atoms with van der Waals surface area (Å²) in [5, 5.41) is 12.2. The summed E-state index contributed by atoms with van der Waals surface area (Å²) >= 11 is 0. The topological polar surface area (TPSA) is 97.1 Å². The zero-order valence-electron chi connectivity index (χ0n) is 19.3. The molecule has 1 saturated carbocycles. The number of aromatic carboxylic acids is 1. The van der Waals surface area contributed by atoms with Crippen LogP contribution in [0.3, 0.4) is 0 Å². The second-order valence-electron chi connectivity index (χ2n) is 9.52. The second-order valence-corrected chi connectivity index (χ2v) is 9.52. The Morgan fingerprint density at radius 2 is 1.82 bits per heavy atom. The third-order valence-electron chi connectivity index (χ3n) is 5.76. The second kappa shape index (κ2) is 8.39. The van der Waals surface area contributed by atoms with Crippen LogP contribution in [-0.2, 0) is 11.3 Å². The molecule has 1 fully saturated rings. The molecule has 0 unspecified atom stereocenters. The number of fused-ring (bicyclic) bond motifs is 1. The molecule has 0 radical (unpaired) electrons. The average molecular weight is 449 g/mol. The number of amides is 1. The summed E-state index contributed by atoms with van der Waals surface area (Å²) in [6.45, 7) is 7.77. The van der Waals surface area contributed by atoms with Crippen LogP contribution in [0.4, 0.5) is 4.79 Å². The van der Waals surface area contributed by atoms with Crippen LogP contribution in [-0.4, -0.2) is 27.2 Å². The molecule has 3 aromatic rings. The van der Waals surface area contributed by atoms with Crippen LogP contribution in [0.25, 0.3) is 16.6 Å². The molecule has 0 atom stereocenters. The van der Waals surface area contributed by atoms with E-state index in [4.69, 9.17) is 4.74 Å². The van der Waals surface area contributed by atoms with Gasteiger partial charge in [0.25, 0.3) is 5.56 Å².